The number of rotatable bonds is 2. The van der Waals surface area contributed by atoms with Crippen molar-refractivity contribution in [3.63, 3.8) is 0 Å². The molecule has 12 heavy (non-hydrogen) atoms. The normalized spacial score (nSPS) is 9.92. The van der Waals surface area contributed by atoms with E-state index in [1.54, 1.807) is 12.1 Å². The van der Waals surface area contributed by atoms with E-state index in [0.29, 0.717) is 17.0 Å². The summed E-state index contributed by atoms with van der Waals surface area (Å²) in [6, 6.07) is 5.45. The van der Waals surface area contributed by atoms with E-state index in [1.165, 1.54) is 0 Å². The second kappa shape index (κ2) is 4.23. The molecule has 0 N–H and O–H groups in total. The summed E-state index contributed by atoms with van der Waals surface area (Å²) in [5.41, 5.74) is 0.625. The highest BCUT2D eigenvalue weighted by Crippen LogP contribution is 2.20. The largest absolute Gasteiger partial charge is 0.294 e. The van der Waals surface area contributed by atoms with Crippen molar-refractivity contribution in [2.24, 2.45) is 0 Å². The van der Waals surface area contributed by atoms with Crippen molar-refractivity contribution in [1.29, 1.82) is 0 Å². The molecule has 64 valence electrons. The SMILES string of the molecule is CCC(=O)c1ccc(I)cc1Cl. The van der Waals surface area contributed by atoms with E-state index < -0.39 is 0 Å². The van der Waals surface area contributed by atoms with E-state index in [-0.39, 0.29) is 5.78 Å². The van der Waals surface area contributed by atoms with Gasteiger partial charge in [-0.05, 0) is 40.8 Å². The minimum atomic E-state index is 0.0939. The predicted molar refractivity (Wildman–Crippen MR) is 58.8 cm³/mol. The maximum absolute atomic E-state index is 11.3. The number of carbonyl (C=O) groups excluding carboxylic acids is 1. The van der Waals surface area contributed by atoms with Crippen LogP contribution in [0.25, 0.3) is 0 Å². The van der Waals surface area contributed by atoms with Gasteiger partial charge in [-0.2, -0.15) is 0 Å². The number of hydrogen-bond donors (Lipinski definition) is 0. The Hall–Kier alpha value is -0.0900. The third kappa shape index (κ3) is 2.20. The number of carbonyl (C=O) groups is 1. The summed E-state index contributed by atoms with van der Waals surface area (Å²) in [6.45, 7) is 1.83. The maximum atomic E-state index is 11.3. The van der Waals surface area contributed by atoms with Gasteiger partial charge in [0.1, 0.15) is 0 Å². The van der Waals surface area contributed by atoms with E-state index in [4.69, 9.17) is 11.6 Å². The Kier molecular flexibility index (Phi) is 3.53. The fourth-order valence-electron chi connectivity index (χ4n) is 0.906. The molecule has 1 nitrogen and oxygen atoms in total. The summed E-state index contributed by atoms with van der Waals surface area (Å²) in [6.07, 6.45) is 0.500. The van der Waals surface area contributed by atoms with Crippen LogP contribution < -0.4 is 0 Å². The number of halogens is 2. The first kappa shape index (κ1) is 9.99. The Balaban J connectivity index is 3.09. The Morgan fingerprint density at radius 3 is 2.75 bits per heavy atom. The second-order valence-electron chi connectivity index (χ2n) is 2.40. The highest BCUT2D eigenvalue weighted by molar-refractivity contribution is 14.1. The van der Waals surface area contributed by atoms with Gasteiger partial charge in [0, 0.05) is 15.6 Å². The molecule has 0 spiro atoms. The topological polar surface area (TPSA) is 17.1 Å². The van der Waals surface area contributed by atoms with Crippen LogP contribution in [0, 0.1) is 3.57 Å². The molecular formula is C9H8ClIO. The molecule has 1 rings (SSSR count). The molecule has 0 saturated heterocycles. The van der Waals surface area contributed by atoms with E-state index in [9.17, 15) is 4.79 Å². The highest BCUT2D eigenvalue weighted by atomic mass is 127. The molecule has 0 aliphatic carbocycles. The van der Waals surface area contributed by atoms with Gasteiger partial charge in [0.25, 0.3) is 0 Å². The molecule has 0 heterocycles. The quantitative estimate of drug-likeness (QED) is 0.602. The first-order valence-electron chi connectivity index (χ1n) is 3.63. The molecule has 0 amide bonds. The van der Waals surface area contributed by atoms with Crippen LogP contribution in [0.5, 0.6) is 0 Å². The van der Waals surface area contributed by atoms with Crippen LogP contribution in [-0.4, -0.2) is 5.78 Å². The molecule has 0 aromatic heterocycles. The molecule has 0 atom stereocenters. The molecule has 0 aliphatic heterocycles. The smallest absolute Gasteiger partial charge is 0.164 e. The Morgan fingerprint density at radius 2 is 2.25 bits per heavy atom. The summed E-state index contributed by atoms with van der Waals surface area (Å²) in [5, 5.41) is 0.550. The van der Waals surface area contributed by atoms with Gasteiger partial charge in [0.05, 0.1) is 5.02 Å². The standard InChI is InChI=1S/C9H8ClIO/c1-2-9(12)7-4-3-6(11)5-8(7)10/h3-5H,2H2,1H3. The van der Waals surface area contributed by atoms with Gasteiger partial charge >= 0.3 is 0 Å². The number of hydrogen-bond acceptors (Lipinski definition) is 1. The first-order chi connectivity index (χ1) is 5.65. The van der Waals surface area contributed by atoms with Crippen molar-refractivity contribution in [3.8, 4) is 0 Å². The Labute approximate surface area is 90.3 Å². The first-order valence-corrected chi connectivity index (χ1v) is 5.09. The van der Waals surface area contributed by atoms with Crippen molar-refractivity contribution in [2.45, 2.75) is 13.3 Å². The van der Waals surface area contributed by atoms with Crippen molar-refractivity contribution < 1.29 is 4.79 Å². The van der Waals surface area contributed by atoms with Gasteiger partial charge < -0.3 is 0 Å². The monoisotopic (exact) mass is 294 g/mol. The maximum Gasteiger partial charge on any atom is 0.164 e. The van der Waals surface area contributed by atoms with Crippen molar-refractivity contribution in [1.82, 2.24) is 0 Å². The lowest BCUT2D eigenvalue weighted by atomic mass is 10.1. The highest BCUT2D eigenvalue weighted by Gasteiger charge is 2.07. The fourth-order valence-corrected chi connectivity index (χ4v) is 1.87. The average molecular weight is 295 g/mol. The van der Waals surface area contributed by atoms with Crippen molar-refractivity contribution in [3.05, 3.63) is 32.4 Å². The molecular weight excluding hydrogens is 286 g/mol. The van der Waals surface area contributed by atoms with Crippen LogP contribution in [0.4, 0.5) is 0 Å². The molecule has 0 saturated carbocycles. The van der Waals surface area contributed by atoms with Gasteiger partial charge in [-0.3, -0.25) is 4.79 Å². The third-order valence-electron chi connectivity index (χ3n) is 1.55. The number of benzene rings is 1. The summed E-state index contributed by atoms with van der Waals surface area (Å²) in [5.74, 6) is 0.0939. The van der Waals surface area contributed by atoms with Gasteiger partial charge in [0.2, 0.25) is 0 Å². The van der Waals surface area contributed by atoms with Crippen molar-refractivity contribution >= 4 is 40.0 Å². The van der Waals surface area contributed by atoms with Gasteiger partial charge in [0.15, 0.2) is 5.78 Å². The van der Waals surface area contributed by atoms with Crippen LogP contribution in [0.2, 0.25) is 5.02 Å². The zero-order valence-electron chi connectivity index (χ0n) is 6.60. The average Bonchev–Trinajstić information content (AvgIpc) is 2.03. The Bertz CT molecular complexity index is 309. The van der Waals surface area contributed by atoms with Crippen LogP contribution in [0.3, 0.4) is 0 Å². The zero-order chi connectivity index (χ0) is 9.14. The van der Waals surface area contributed by atoms with Crippen LogP contribution in [0.15, 0.2) is 18.2 Å². The molecule has 0 radical (unpaired) electrons. The molecule has 3 heteroatoms. The zero-order valence-corrected chi connectivity index (χ0v) is 9.52. The van der Waals surface area contributed by atoms with Gasteiger partial charge in [-0.25, -0.2) is 0 Å². The number of ketones is 1. The lowest BCUT2D eigenvalue weighted by Gasteiger charge is -2.00. The summed E-state index contributed by atoms with van der Waals surface area (Å²) < 4.78 is 1.05. The molecule has 0 aliphatic rings. The van der Waals surface area contributed by atoms with Gasteiger partial charge in [-0.1, -0.05) is 18.5 Å². The molecule has 0 unspecified atom stereocenters. The minimum Gasteiger partial charge on any atom is -0.294 e. The lowest BCUT2D eigenvalue weighted by Crippen LogP contribution is -1.97. The fraction of sp³-hybridized carbons (Fsp3) is 0.222. The third-order valence-corrected chi connectivity index (χ3v) is 2.54. The van der Waals surface area contributed by atoms with Crippen LogP contribution in [-0.2, 0) is 0 Å². The van der Waals surface area contributed by atoms with Crippen molar-refractivity contribution in [2.75, 3.05) is 0 Å². The van der Waals surface area contributed by atoms with Crippen LogP contribution >= 0.6 is 34.2 Å². The van der Waals surface area contributed by atoms with Gasteiger partial charge in [-0.15, -0.1) is 0 Å². The molecule has 1 aromatic rings. The second-order valence-corrected chi connectivity index (χ2v) is 4.05. The van der Waals surface area contributed by atoms with E-state index in [0.717, 1.165) is 3.57 Å². The Morgan fingerprint density at radius 1 is 1.58 bits per heavy atom. The lowest BCUT2D eigenvalue weighted by molar-refractivity contribution is 0.0988. The molecule has 0 fully saturated rings. The predicted octanol–water partition coefficient (Wildman–Crippen LogP) is 3.54. The van der Waals surface area contributed by atoms with E-state index in [1.807, 2.05) is 13.0 Å². The van der Waals surface area contributed by atoms with Crippen LogP contribution in [0.1, 0.15) is 23.7 Å². The van der Waals surface area contributed by atoms with E-state index >= 15 is 0 Å². The molecule has 0 bridgehead atoms. The summed E-state index contributed by atoms with van der Waals surface area (Å²) >= 11 is 8.04. The number of Topliss-reactive ketones (excluding diaryl/α,β-unsaturated/α-hetero) is 1. The summed E-state index contributed by atoms with van der Waals surface area (Å²) in [4.78, 5) is 11.3. The molecule has 1 aromatic carbocycles. The van der Waals surface area contributed by atoms with E-state index in [2.05, 4.69) is 22.6 Å². The minimum absolute atomic E-state index is 0.0939. The summed E-state index contributed by atoms with van der Waals surface area (Å²) in [7, 11) is 0.